The lowest BCUT2D eigenvalue weighted by atomic mass is 10.1. The lowest BCUT2D eigenvalue weighted by Gasteiger charge is -2.14. The summed E-state index contributed by atoms with van der Waals surface area (Å²) in [5.41, 5.74) is 2.23. The van der Waals surface area contributed by atoms with E-state index in [1.807, 2.05) is 50.2 Å². The maximum Gasteiger partial charge on any atom is 0.223 e. The molecule has 1 atom stereocenters. The van der Waals surface area contributed by atoms with E-state index in [1.54, 1.807) is 12.4 Å². The van der Waals surface area contributed by atoms with Gasteiger partial charge in [0.15, 0.2) is 0 Å². The summed E-state index contributed by atoms with van der Waals surface area (Å²) in [5.74, 6) is 0.766. The Morgan fingerprint density at radius 2 is 1.86 bits per heavy atom. The first-order chi connectivity index (χ1) is 10.1. The zero-order valence-corrected chi connectivity index (χ0v) is 12.4. The van der Waals surface area contributed by atoms with Crippen molar-refractivity contribution in [1.82, 2.24) is 10.3 Å². The average molecular weight is 284 g/mol. The molecule has 0 saturated heterocycles. The number of carbonyl (C=O) groups excluding carboxylic acids is 1. The second-order valence-corrected chi connectivity index (χ2v) is 4.98. The first-order valence-electron chi connectivity index (χ1n) is 7.04. The van der Waals surface area contributed by atoms with Crippen LogP contribution >= 0.6 is 0 Å². The monoisotopic (exact) mass is 284 g/mol. The Labute approximate surface area is 125 Å². The fraction of sp³-hybridized carbons (Fsp3) is 0.294. The van der Waals surface area contributed by atoms with Crippen LogP contribution in [0, 0.1) is 6.92 Å². The summed E-state index contributed by atoms with van der Waals surface area (Å²) in [6, 6.07) is 11.6. The number of aromatic nitrogens is 1. The fourth-order valence-electron chi connectivity index (χ4n) is 1.95. The maximum absolute atomic E-state index is 11.9. The van der Waals surface area contributed by atoms with Crippen LogP contribution in [0.4, 0.5) is 0 Å². The Hall–Kier alpha value is -2.36. The van der Waals surface area contributed by atoms with Crippen molar-refractivity contribution in [3.63, 3.8) is 0 Å². The molecule has 0 radical (unpaired) electrons. The molecule has 1 N–H and O–H groups in total. The van der Waals surface area contributed by atoms with Gasteiger partial charge < -0.3 is 10.1 Å². The predicted octanol–water partition coefficient (Wildman–Crippen LogP) is 3.04. The Bertz CT molecular complexity index is 567. The second kappa shape index (κ2) is 7.43. The van der Waals surface area contributed by atoms with Gasteiger partial charge in [-0.15, -0.1) is 0 Å². The molecule has 4 heteroatoms. The predicted molar refractivity (Wildman–Crippen MR) is 82.1 cm³/mol. The SMILES string of the molecule is Cc1ccc(OCCC(=O)N[C@@H](C)c2ccncc2)cc1. The number of nitrogens with one attached hydrogen (secondary N) is 1. The zero-order valence-electron chi connectivity index (χ0n) is 12.4. The minimum atomic E-state index is -0.0279. The van der Waals surface area contributed by atoms with Crippen LogP contribution in [0.5, 0.6) is 5.75 Å². The number of hydrogen-bond donors (Lipinski definition) is 1. The molecular formula is C17H20N2O2. The van der Waals surface area contributed by atoms with Gasteiger partial charge in [0.2, 0.25) is 5.91 Å². The molecule has 0 aliphatic carbocycles. The van der Waals surface area contributed by atoms with E-state index < -0.39 is 0 Å². The highest BCUT2D eigenvalue weighted by Gasteiger charge is 2.09. The molecule has 0 aliphatic rings. The summed E-state index contributed by atoms with van der Waals surface area (Å²) in [5, 5.41) is 2.94. The third-order valence-electron chi connectivity index (χ3n) is 3.20. The van der Waals surface area contributed by atoms with Crippen LogP contribution in [0.3, 0.4) is 0 Å². The van der Waals surface area contributed by atoms with Crippen molar-refractivity contribution < 1.29 is 9.53 Å². The highest BCUT2D eigenvalue weighted by molar-refractivity contribution is 5.76. The van der Waals surface area contributed by atoms with Crippen LogP contribution < -0.4 is 10.1 Å². The Morgan fingerprint density at radius 1 is 1.19 bits per heavy atom. The molecule has 2 rings (SSSR count). The van der Waals surface area contributed by atoms with Gasteiger partial charge in [0.25, 0.3) is 0 Å². The number of aryl methyl sites for hydroxylation is 1. The number of rotatable bonds is 6. The molecule has 110 valence electrons. The highest BCUT2D eigenvalue weighted by Crippen LogP contribution is 2.12. The summed E-state index contributed by atoms with van der Waals surface area (Å²) >= 11 is 0. The third-order valence-corrected chi connectivity index (χ3v) is 3.20. The number of carbonyl (C=O) groups is 1. The third kappa shape index (κ3) is 4.91. The first kappa shape index (κ1) is 15.0. The van der Waals surface area contributed by atoms with Gasteiger partial charge in [0, 0.05) is 12.4 Å². The molecule has 0 bridgehead atoms. The molecule has 1 aromatic heterocycles. The van der Waals surface area contributed by atoms with Crippen molar-refractivity contribution in [2.24, 2.45) is 0 Å². The Morgan fingerprint density at radius 3 is 2.52 bits per heavy atom. The van der Waals surface area contributed by atoms with E-state index in [0.717, 1.165) is 11.3 Å². The summed E-state index contributed by atoms with van der Waals surface area (Å²) in [7, 11) is 0. The molecule has 0 aliphatic heterocycles. The smallest absolute Gasteiger partial charge is 0.223 e. The van der Waals surface area contributed by atoms with Crippen molar-refractivity contribution in [2.45, 2.75) is 26.3 Å². The highest BCUT2D eigenvalue weighted by atomic mass is 16.5. The van der Waals surface area contributed by atoms with E-state index in [9.17, 15) is 4.79 Å². The van der Waals surface area contributed by atoms with Gasteiger partial charge in [-0.2, -0.15) is 0 Å². The Kier molecular flexibility index (Phi) is 5.32. The average Bonchev–Trinajstić information content (AvgIpc) is 2.50. The number of amides is 1. The number of hydrogen-bond acceptors (Lipinski definition) is 3. The number of benzene rings is 1. The van der Waals surface area contributed by atoms with E-state index >= 15 is 0 Å². The van der Waals surface area contributed by atoms with Crippen LogP contribution in [0.15, 0.2) is 48.8 Å². The lowest BCUT2D eigenvalue weighted by Crippen LogP contribution is -2.27. The molecule has 0 spiro atoms. The molecule has 21 heavy (non-hydrogen) atoms. The number of pyridine rings is 1. The van der Waals surface area contributed by atoms with Gasteiger partial charge in [-0.25, -0.2) is 0 Å². The topological polar surface area (TPSA) is 51.2 Å². The van der Waals surface area contributed by atoms with Crippen LogP contribution in [0.2, 0.25) is 0 Å². The molecule has 1 aromatic carbocycles. The van der Waals surface area contributed by atoms with Crippen LogP contribution in [0.1, 0.15) is 30.5 Å². The molecule has 0 saturated carbocycles. The normalized spacial score (nSPS) is 11.7. The summed E-state index contributed by atoms with van der Waals surface area (Å²) in [4.78, 5) is 15.8. The molecule has 1 amide bonds. The van der Waals surface area contributed by atoms with Crippen LogP contribution in [-0.4, -0.2) is 17.5 Å². The van der Waals surface area contributed by atoms with E-state index in [-0.39, 0.29) is 11.9 Å². The molecule has 4 nitrogen and oxygen atoms in total. The molecule has 0 unspecified atom stereocenters. The Balaban J connectivity index is 1.73. The largest absolute Gasteiger partial charge is 0.493 e. The maximum atomic E-state index is 11.9. The number of nitrogens with zero attached hydrogens (tertiary/aromatic N) is 1. The van der Waals surface area contributed by atoms with Crippen molar-refractivity contribution in [1.29, 1.82) is 0 Å². The molecule has 2 aromatic rings. The van der Waals surface area contributed by atoms with E-state index in [1.165, 1.54) is 5.56 Å². The quantitative estimate of drug-likeness (QED) is 0.887. The van der Waals surface area contributed by atoms with Gasteiger partial charge in [0.1, 0.15) is 5.75 Å². The first-order valence-corrected chi connectivity index (χ1v) is 7.04. The molecular weight excluding hydrogens is 264 g/mol. The van der Waals surface area contributed by atoms with Gasteiger partial charge in [0.05, 0.1) is 19.1 Å². The van der Waals surface area contributed by atoms with Crippen LogP contribution in [0.25, 0.3) is 0 Å². The van der Waals surface area contributed by atoms with Gasteiger partial charge in [-0.3, -0.25) is 9.78 Å². The summed E-state index contributed by atoms with van der Waals surface area (Å²) in [6.45, 7) is 4.35. The zero-order chi connectivity index (χ0) is 15.1. The molecule has 1 heterocycles. The van der Waals surface area contributed by atoms with E-state index in [0.29, 0.717) is 13.0 Å². The van der Waals surface area contributed by atoms with Gasteiger partial charge >= 0.3 is 0 Å². The minimum absolute atomic E-state index is 0.0218. The van der Waals surface area contributed by atoms with E-state index in [4.69, 9.17) is 4.74 Å². The fourth-order valence-corrected chi connectivity index (χ4v) is 1.95. The lowest BCUT2D eigenvalue weighted by molar-refractivity contribution is -0.122. The van der Waals surface area contributed by atoms with Crippen LogP contribution in [-0.2, 0) is 4.79 Å². The summed E-state index contributed by atoms with van der Waals surface area (Å²) < 4.78 is 5.55. The standard InChI is InChI=1S/C17H20N2O2/c1-13-3-5-16(6-4-13)21-12-9-17(20)19-14(2)15-7-10-18-11-8-15/h3-8,10-11,14H,9,12H2,1-2H3,(H,19,20)/t14-/m0/s1. The van der Waals surface area contributed by atoms with Crippen molar-refractivity contribution in [2.75, 3.05) is 6.61 Å². The van der Waals surface area contributed by atoms with Crippen molar-refractivity contribution in [3.8, 4) is 5.75 Å². The second-order valence-electron chi connectivity index (χ2n) is 4.98. The van der Waals surface area contributed by atoms with Crippen molar-refractivity contribution >= 4 is 5.91 Å². The van der Waals surface area contributed by atoms with Gasteiger partial charge in [-0.05, 0) is 43.7 Å². The summed E-state index contributed by atoms with van der Waals surface area (Å²) in [6.07, 6.45) is 3.78. The van der Waals surface area contributed by atoms with Crippen molar-refractivity contribution in [3.05, 3.63) is 59.9 Å². The minimum Gasteiger partial charge on any atom is -0.493 e. The molecule has 0 fully saturated rings. The number of ether oxygens (including phenoxy) is 1. The van der Waals surface area contributed by atoms with E-state index in [2.05, 4.69) is 10.3 Å². The van der Waals surface area contributed by atoms with Gasteiger partial charge in [-0.1, -0.05) is 17.7 Å².